The fraction of sp³-hybridized carbons (Fsp3) is 0.0909. The van der Waals surface area contributed by atoms with Crippen molar-refractivity contribution in [1.29, 1.82) is 0 Å². The summed E-state index contributed by atoms with van der Waals surface area (Å²) in [6, 6.07) is 23.1. The summed E-state index contributed by atoms with van der Waals surface area (Å²) in [5, 5.41) is 20.7. The number of benzene rings is 3. The first-order valence-corrected chi connectivity index (χ1v) is 8.39. The summed E-state index contributed by atoms with van der Waals surface area (Å²) in [6.45, 7) is 2.90. The predicted octanol–water partition coefficient (Wildman–Crippen LogP) is 5.41. The second-order valence-electron chi connectivity index (χ2n) is 6.08. The molecule has 0 saturated carbocycles. The van der Waals surface area contributed by atoms with Crippen LogP contribution in [0.3, 0.4) is 0 Å². The highest BCUT2D eigenvalue weighted by molar-refractivity contribution is 6.05. The van der Waals surface area contributed by atoms with Gasteiger partial charge < -0.3 is 14.8 Å². The summed E-state index contributed by atoms with van der Waals surface area (Å²) in [6.07, 6.45) is 0. The normalized spacial score (nSPS) is 11.1. The SMILES string of the molecule is CCn1c(-c2ccccc2)c(-c2ccc(O)cc2)c2ccc(O)cc21. The van der Waals surface area contributed by atoms with Crippen molar-refractivity contribution in [3.05, 3.63) is 72.8 Å². The first-order chi connectivity index (χ1) is 12.2. The van der Waals surface area contributed by atoms with Crippen LogP contribution < -0.4 is 0 Å². The highest BCUT2D eigenvalue weighted by Crippen LogP contribution is 2.42. The Morgan fingerprint density at radius 3 is 2.12 bits per heavy atom. The van der Waals surface area contributed by atoms with E-state index in [-0.39, 0.29) is 11.5 Å². The number of hydrogen-bond acceptors (Lipinski definition) is 2. The topological polar surface area (TPSA) is 45.4 Å². The lowest BCUT2D eigenvalue weighted by Gasteiger charge is -2.11. The number of aryl methyl sites for hydroxylation is 1. The van der Waals surface area contributed by atoms with Crippen LogP contribution in [0.5, 0.6) is 11.5 Å². The number of aromatic hydroxyl groups is 2. The van der Waals surface area contributed by atoms with Crippen LogP contribution in [0.25, 0.3) is 33.3 Å². The molecule has 25 heavy (non-hydrogen) atoms. The van der Waals surface area contributed by atoms with Crippen LogP contribution in [0, 0.1) is 0 Å². The first-order valence-electron chi connectivity index (χ1n) is 8.39. The third-order valence-corrected chi connectivity index (χ3v) is 4.57. The third kappa shape index (κ3) is 2.54. The number of phenols is 2. The van der Waals surface area contributed by atoms with Gasteiger partial charge in [-0.15, -0.1) is 0 Å². The van der Waals surface area contributed by atoms with Crippen molar-refractivity contribution in [3.8, 4) is 33.9 Å². The number of rotatable bonds is 3. The Kier molecular flexibility index (Phi) is 3.69. The zero-order valence-electron chi connectivity index (χ0n) is 14.0. The van der Waals surface area contributed by atoms with Gasteiger partial charge in [-0.1, -0.05) is 42.5 Å². The fourth-order valence-corrected chi connectivity index (χ4v) is 3.48. The van der Waals surface area contributed by atoms with Gasteiger partial charge in [0.2, 0.25) is 0 Å². The molecule has 0 saturated heterocycles. The fourth-order valence-electron chi connectivity index (χ4n) is 3.48. The van der Waals surface area contributed by atoms with Crippen LogP contribution >= 0.6 is 0 Å². The van der Waals surface area contributed by atoms with Crippen LogP contribution in [0.4, 0.5) is 0 Å². The van der Waals surface area contributed by atoms with E-state index in [0.717, 1.165) is 39.8 Å². The van der Waals surface area contributed by atoms with Crippen molar-refractivity contribution >= 4 is 10.9 Å². The standard InChI is InChI=1S/C22H19NO2/c1-2-23-20-14-18(25)12-13-19(20)21(15-8-10-17(24)11-9-15)22(23)16-6-4-3-5-7-16/h3-14,24-25H,2H2,1H3. The number of hydrogen-bond donors (Lipinski definition) is 2. The minimum Gasteiger partial charge on any atom is -0.508 e. The molecule has 0 radical (unpaired) electrons. The van der Waals surface area contributed by atoms with Crippen LogP contribution in [0.1, 0.15) is 6.92 Å². The van der Waals surface area contributed by atoms with E-state index in [2.05, 4.69) is 23.6 Å². The molecule has 0 unspecified atom stereocenters. The summed E-state index contributed by atoms with van der Waals surface area (Å²) in [7, 11) is 0. The number of phenolic OH excluding ortho intramolecular Hbond substituents is 2. The molecule has 0 aliphatic rings. The highest BCUT2D eigenvalue weighted by Gasteiger charge is 2.19. The zero-order valence-corrected chi connectivity index (χ0v) is 14.0. The molecule has 3 aromatic carbocycles. The largest absolute Gasteiger partial charge is 0.508 e. The first kappa shape index (κ1) is 15.3. The Balaban J connectivity index is 2.13. The van der Waals surface area contributed by atoms with Gasteiger partial charge in [0.25, 0.3) is 0 Å². The summed E-state index contributed by atoms with van der Waals surface area (Å²) in [5.74, 6) is 0.512. The van der Waals surface area contributed by atoms with Gasteiger partial charge in [0, 0.05) is 23.6 Å². The van der Waals surface area contributed by atoms with Gasteiger partial charge in [-0.25, -0.2) is 0 Å². The average molecular weight is 329 g/mol. The maximum absolute atomic E-state index is 9.98. The van der Waals surface area contributed by atoms with E-state index in [1.54, 1.807) is 18.2 Å². The molecule has 0 atom stereocenters. The second kappa shape index (κ2) is 6.02. The molecule has 0 amide bonds. The van der Waals surface area contributed by atoms with Crippen LogP contribution in [-0.2, 0) is 6.54 Å². The van der Waals surface area contributed by atoms with Crippen molar-refractivity contribution in [2.75, 3.05) is 0 Å². The molecule has 0 spiro atoms. The van der Waals surface area contributed by atoms with Gasteiger partial charge in [-0.3, -0.25) is 0 Å². The molecule has 124 valence electrons. The van der Waals surface area contributed by atoms with Gasteiger partial charge >= 0.3 is 0 Å². The van der Waals surface area contributed by atoms with Crippen molar-refractivity contribution < 1.29 is 10.2 Å². The lowest BCUT2D eigenvalue weighted by atomic mass is 9.98. The minimum absolute atomic E-state index is 0.252. The van der Waals surface area contributed by atoms with E-state index >= 15 is 0 Å². The van der Waals surface area contributed by atoms with E-state index in [9.17, 15) is 10.2 Å². The third-order valence-electron chi connectivity index (χ3n) is 4.57. The molecule has 4 rings (SSSR count). The molecular formula is C22H19NO2. The maximum atomic E-state index is 9.98. The number of fused-ring (bicyclic) bond motifs is 1. The summed E-state index contributed by atoms with van der Waals surface area (Å²) in [5.41, 5.74) is 5.41. The number of nitrogens with zero attached hydrogens (tertiary/aromatic N) is 1. The van der Waals surface area contributed by atoms with Gasteiger partial charge in [-0.2, -0.15) is 0 Å². The summed E-state index contributed by atoms with van der Waals surface area (Å²) >= 11 is 0. The molecule has 3 heteroatoms. The average Bonchev–Trinajstić information content (AvgIpc) is 2.96. The molecule has 3 nitrogen and oxygen atoms in total. The van der Waals surface area contributed by atoms with E-state index in [0.29, 0.717) is 0 Å². The van der Waals surface area contributed by atoms with Gasteiger partial charge in [0.15, 0.2) is 0 Å². The highest BCUT2D eigenvalue weighted by atomic mass is 16.3. The van der Waals surface area contributed by atoms with E-state index in [1.165, 1.54) is 0 Å². The summed E-state index contributed by atoms with van der Waals surface area (Å²) in [4.78, 5) is 0. The molecule has 1 heterocycles. The molecule has 0 aliphatic heterocycles. The monoisotopic (exact) mass is 329 g/mol. The van der Waals surface area contributed by atoms with Crippen molar-refractivity contribution in [2.24, 2.45) is 0 Å². The molecule has 4 aromatic rings. The van der Waals surface area contributed by atoms with E-state index in [1.807, 2.05) is 42.5 Å². The summed E-state index contributed by atoms with van der Waals surface area (Å²) < 4.78 is 2.23. The Labute approximate surface area is 146 Å². The lowest BCUT2D eigenvalue weighted by Crippen LogP contribution is -1.97. The zero-order chi connectivity index (χ0) is 17.4. The predicted molar refractivity (Wildman–Crippen MR) is 102 cm³/mol. The molecule has 0 aliphatic carbocycles. The number of aromatic nitrogens is 1. The van der Waals surface area contributed by atoms with Gasteiger partial charge in [0.05, 0.1) is 11.2 Å². The van der Waals surface area contributed by atoms with Crippen molar-refractivity contribution in [1.82, 2.24) is 4.57 Å². The molecule has 2 N–H and O–H groups in total. The Morgan fingerprint density at radius 2 is 1.44 bits per heavy atom. The van der Waals surface area contributed by atoms with E-state index < -0.39 is 0 Å². The smallest absolute Gasteiger partial charge is 0.117 e. The Morgan fingerprint density at radius 1 is 0.760 bits per heavy atom. The Bertz CT molecular complexity index is 1030. The maximum Gasteiger partial charge on any atom is 0.117 e. The molecule has 0 bridgehead atoms. The van der Waals surface area contributed by atoms with Crippen LogP contribution in [0.2, 0.25) is 0 Å². The Hall–Kier alpha value is -3.20. The van der Waals surface area contributed by atoms with E-state index in [4.69, 9.17) is 0 Å². The quantitative estimate of drug-likeness (QED) is 0.528. The van der Waals surface area contributed by atoms with Gasteiger partial charge in [0.1, 0.15) is 11.5 Å². The van der Waals surface area contributed by atoms with Crippen LogP contribution in [0.15, 0.2) is 72.8 Å². The van der Waals surface area contributed by atoms with Gasteiger partial charge in [-0.05, 0) is 42.3 Å². The molecule has 1 aromatic heterocycles. The van der Waals surface area contributed by atoms with Crippen LogP contribution in [-0.4, -0.2) is 14.8 Å². The molecule has 0 fully saturated rings. The van der Waals surface area contributed by atoms with Crippen molar-refractivity contribution in [2.45, 2.75) is 13.5 Å². The minimum atomic E-state index is 0.252. The van der Waals surface area contributed by atoms with Crippen molar-refractivity contribution in [3.63, 3.8) is 0 Å². The lowest BCUT2D eigenvalue weighted by molar-refractivity contribution is 0.475. The second-order valence-corrected chi connectivity index (χ2v) is 6.08. The molecular weight excluding hydrogens is 310 g/mol.